The molecule has 30 heavy (non-hydrogen) atoms. The summed E-state index contributed by atoms with van der Waals surface area (Å²) in [4.78, 5) is 25.4. The van der Waals surface area contributed by atoms with E-state index >= 15 is 0 Å². The van der Waals surface area contributed by atoms with Gasteiger partial charge in [0.15, 0.2) is 5.78 Å². The molecule has 1 aromatic rings. The summed E-state index contributed by atoms with van der Waals surface area (Å²) in [6.45, 7) is 14.9. The molecule has 0 aliphatic heterocycles. The summed E-state index contributed by atoms with van der Waals surface area (Å²) in [5, 5.41) is 3.03. The summed E-state index contributed by atoms with van der Waals surface area (Å²) in [6.07, 6.45) is 6.52. The van der Waals surface area contributed by atoms with Crippen molar-refractivity contribution < 1.29 is 14.3 Å². The van der Waals surface area contributed by atoms with E-state index in [4.69, 9.17) is 4.74 Å². The number of ketones is 1. The van der Waals surface area contributed by atoms with Crippen molar-refractivity contribution in [3.63, 3.8) is 0 Å². The zero-order chi connectivity index (χ0) is 22.7. The van der Waals surface area contributed by atoms with E-state index in [0.29, 0.717) is 24.9 Å². The van der Waals surface area contributed by atoms with Crippen molar-refractivity contribution in [2.24, 2.45) is 23.7 Å². The van der Waals surface area contributed by atoms with E-state index < -0.39 is 6.04 Å². The van der Waals surface area contributed by atoms with Crippen molar-refractivity contribution in [2.75, 3.05) is 6.61 Å². The normalized spacial score (nSPS) is 14.7. The number of hydrogen-bond acceptors (Lipinski definition) is 3. The largest absolute Gasteiger partial charge is 0.494 e. The second kappa shape index (κ2) is 13.3. The van der Waals surface area contributed by atoms with E-state index in [9.17, 15) is 9.59 Å². The molecule has 168 valence electrons. The Balaban J connectivity index is 2.87. The van der Waals surface area contributed by atoms with Gasteiger partial charge in [0.2, 0.25) is 5.91 Å². The van der Waals surface area contributed by atoms with Crippen LogP contribution in [0, 0.1) is 23.7 Å². The Hall–Kier alpha value is -2.10. The monoisotopic (exact) mass is 415 g/mol. The van der Waals surface area contributed by atoms with Gasteiger partial charge in [0.1, 0.15) is 5.75 Å². The van der Waals surface area contributed by atoms with Crippen molar-refractivity contribution in [1.29, 1.82) is 0 Å². The second-order valence-corrected chi connectivity index (χ2v) is 9.09. The Morgan fingerprint density at radius 2 is 1.67 bits per heavy atom. The van der Waals surface area contributed by atoms with Crippen LogP contribution in [0.25, 0.3) is 0 Å². The van der Waals surface area contributed by atoms with E-state index in [-0.39, 0.29) is 23.5 Å². The SMILES string of the molecule is CCCOc1ccc(CC(NC(=O)C(CC(C)C)C(C)/C=C/C(C)C)C(C)=O)cc1. The molecule has 1 rings (SSSR count). The highest BCUT2D eigenvalue weighted by molar-refractivity contribution is 5.88. The summed E-state index contributed by atoms with van der Waals surface area (Å²) in [7, 11) is 0. The Labute approximate surface area is 183 Å². The molecule has 0 radical (unpaired) electrons. The Bertz CT molecular complexity index is 676. The average Bonchev–Trinajstić information content (AvgIpc) is 2.68. The highest BCUT2D eigenvalue weighted by Crippen LogP contribution is 2.23. The number of amides is 1. The number of benzene rings is 1. The van der Waals surface area contributed by atoms with Gasteiger partial charge in [0.05, 0.1) is 12.6 Å². The number of nitrogens with one attached hydrogen (secondary N) is 1. The zero-order valence-corrected chi connectivity index (χ0v) is 19.9. The standard InChI is InChI=1S/C26H41NO3/c1-8-15-30-23-13-11-22(12-14-23)17-25(21(7)28)27-26(29)24(16-19(4)5)20(6)10-9-18(2)3/h9-14,18-20,24-25H,8,15-17H2,1-7H3,(H,27,29)/b10-9+. The van der Waals surface area contributed by atoms with Gasteiger partial charge in [-0.25, -0.2) is 0 Å². The lowest BCUT2D eigenvalue weighted by atomic mass is 9.84. The summed E-state index contributed by atoms with van der Waals surface area (Å²) in [5.41, 5.74) is 1.01. The molecule has 0 saturated carbocycles. The van der Waals surface area contributed by atoms with Crippen LogP contribution in [-0.2, 0) is 16.0 Å². The maximum Gasteiger partial charge on any atom is 0.224 e. The van der Waals surface area contributed by atoms with E-state index in [1.807, 2.05) is 24.3 Å². The first-order chi connectivity index (χ1) is 14.1. The number of carbonyl (C=O) groups excluding carboxylic acids is 2. The Kier molecular flexibility index (Phi) is 11.5. The van der Waals surface area contributed by atoms with Gasteiger partial charge in [-0.15, -0.1) is 0 Å². The van der Waals surface area contributed by atoms with E-state index in [1.165, 1.54) is 0 Å². The highest BCUT2D eigenvalue weighted by Gasteiger charge is 2.28. The van der Waals surface area contributed by atoms with Crippen molar-refractivity contribution in [3.8, 4) is 5.75 Å². The average molecular weight is 416 g/mol. The second-order valence-electron chi connectivity index (χ2n) is 9.09. The van der Waals surface area contributed by atoms with E-state index in [0.717, 1.165) is 24.2 Å². The minimum Gasteiger partial charge on any atom is -0.494 e. The summed E-state index contributed by atoms with van der Waals surface area (Å²) < 4.78 is 5.62. The van der Waals surface area contributed by atoms with Crippen molar-refractivity contribution >= 4 is 11.7 Å². The predicted octanol–water partition coefficient (Wildman–Crippen LogP) is 5.60. The van der Waals surface area contributed by atoms with Crippen LogP contribution in [0.15, 0.2) is 36.4 Å². The van der Waals surface area contributed by atoms with Gasteiger partial charge in [-0.1, -0.05) is 65.8 Å². The molecular weight excluding hydrogens is 374 g/mol. The van der Waals surface area contributed by atoms with Crippen molar-refractivity contribution in [1.82, 2.24) is 5.32 Å². The molecule has 1 aromatic carbocycles. The third-order valence-corrected chi connectivity index (χ3v) is 5.14. The van der Waals surface area contributed by atoms with Gasteiger partial charge >= 0.3 is 0 Å². The molecule has 0 fully saturated rings. The number of carbonyl (C=O) groups is 2. The molecule has 0 aromatic heterocycles. The smallest absolute Gasteiger partial charge is 0.224 e. The van der Waals surface area contributed by atoms with Gasteiger partial charge in [0, 0.05) is 5.92 Å². The first-order valence-electron chi connectivity index (χ1n) is 11.3. The topological polar surface area (TPSA) is 55.4 Å². The van der Waals surface area contributed by atoms with Crippen LogP contribution in [0.3, 0.4) is 0 Å². The maximum atomic E-state index is 13.1. The molecule has 0 aliphatic carbocycles. The molecule has 0 spiro atoms. The zero-order valence-electron chi connectivity index (χ0n) is 19.9. The van der Waals surface area contributed by atoms with Gasteiger partial charge in [-0.3, -0.25) is 9.59 Å². The van der Waals surface area contributed by atoms with Gasteiger partial charge in [-0.05, 0) is 61.6 Å². The van der Waals surface area contributed by atoms with Crippen molar-refractivity contribution in [2.45, 2.75) is 73.8 Å². The lowest BCUT2D eigenvalue weighted by Crippen LogP contribution is -2.45. The van der Waals surface area contributed by atoms with Crippen LogP contribution in [0.1, 0.15) is 66.9 Å². The maximum absolute atomic E-state index is 13.1. The fourth-order valence-electron chi connectivity index (χ4n) is 3.35. The first-order valence-corrected chi connectivity index (χ1v) is 11.3. The quantitative estimate of drug-likeness (QED) is 0.427. The summed E-state index contributed by atoms with van der Waals surface area (Å²) in [6, 6.07) is 7.25. The predicted molar refractivity (Wildman–Crippen MR) is 125 cm³/mol. The molecule has 0 saturated heterocycles. The Morgan fingerprint density at radius 3 is 2.17 bits per heavy atom. The third kappa shape index (κ3) is 9.60. The Morgan fingerprint density at radius 1 is 1.03 bits per heavy atom. The lowest BCUT2D eigenvalue weighted by molar-refractivity contribution is -0.130. The fourth-order valence-corrected chi connectivity index (χ4v) is 3.35. The summed E-state index contributed by atoms with van der Waals surface area (Å²) >= 11 is 0. The molecule has 1 amide bonds. The molecule has 3 unspecified atom stereocenters. The molecule has 4 heteroatoms. The van der Waals surface area contributed by atoms with Crippen LogP contribution < -0.4 is 10.1 Å². The van der Waals surface area contributed by atoms with Crippen LogP contribution in [0.5, 0.6) is 5.75 Å². The fraction of sp³-hybridized carbons (Fsp3) is 0.615. The number of allylic oxidation sites excluding steroid dienone is 2. The molecule has 3 atom stereocenters. The number of hydrogen-bond donors (Lipinski definition) is 1. The molecule has 1 N–H and O–H groups in total. The number of Topliss-reactive ketones (excluding diaryl/α,β-unsaturated/α-hetero) is 1. The van der Waals surface area contributed by atoms with Crippen LogP contribution >= 0.6 is 0 Å². The van der Waals surface area contributed by atoms with E-state index in [2.05, 4.69) is 59.0 Å². The van der Waals surface area contributed by atoms with Crippen LogP contribution in [0.4, 0.5) is 0 Å². The van der Waals surface area contributed by atoms with E-state index in [1.54, 1.807) is 6.92 Å². The molecule has 0 aliphatic rings. The number of rotatable bonds is 13. The molecule has 4 nitrogen and oxygen atoms in total. The summed E-state index contributed by atoms with van der Waals surface area (Å²) in [5.74, 6) is 1.60. The van der Waals surface area contributed by atoms with Gasteiger partial charge in [-0.2, -0.15) is 0 Å². The highest BCUT2D eigenvalue weighted by atomic mass is 16.5. The van der Waals surface area contributed by atoms with Gasteiger partial charge in [0.25, 0.3) is 0 Å². The minimum absolute atomic E-state index is 0.0247. The first kappa shape index (κ1) is 25.9. The van der Waals surface area contributed by atoms with Crippen molar-refractivity contribution in [3.05, 3.63) is 42.0 Å². The minimum atomic E-state index is -0.518. The molecule has 0 heterocycles. The third-order valence-electron chi connectivity index (χ3n) is 5.14. The lowest BCUT2D eigenvalue weighted by Gasteiger charge is -2.26. The number of ether oxygens (including phenoxy) is 1. The van der Waals surface area contributed by atoms with Crippen LogP contribution in [0.2, 0.25) is 0 Å². The molecular formula is C26H41NO3. The molecule has 0 bridgehead atoms. The van der Waals surface area contributed by atoms with Crippen LogP contribution in [-0.4, -0.2) is 24.3 Å². The van der Waals surface area contributed by atoms with Gasteiger partial charge < -0.3 is 10.1 Å².